The van der Waals surface area contributed by atoms with E-state index in [-0.39, 0.29) is 11.9 Å². The minimum absolute atomic E-state index is 0.171. The second kappa shape index (κ2) is 4.67. The highest BCUT2D eigenvalue weighted by Crippen LogP contribution is 2.25. The summed E-state index contributed by atoms with van der Waals surface area (Å²) in [5.74, 6) is -0.238. The molecule has 0 amide bonds. The van der Waals surface area contributed by atoms with Crippen molar-refractivity contribution in [2.24, 2.45) is 5.73 Å². The Morgan fingerprint density at radius 1 is 1.35 bits per heavy atom. The second-order valence-corrected chi connectivity index (χ2v) is 4.24. The lowest BCUT2D eigenvalue weighted by molar-refractivity contribution is 0.529. The molecule has 2 aromatic rings. The van der Waals surface area contributed by atoms with Gasteiger partial charge < -0.3 is 5.73 Å². The standard InChI is InChI=1S/C13H16FN3/c1-9(2)17-13(7-10(8-15)16-17)11-5-3-4-6-12(11)14/h3-7,9H,8,15H2,1-2H3. The smallest absolute Gasteiger partial charge is 0.132 e. The molecule has 2 rings (SSSR count). The Labute approximate surface area is 100 Å². The quantitative estimate of drug-likeness (QED) is 0.885. The second-order valence-electron chi connectivity index (χ2n) is 4.24. The van der Waals surface area contributed by atoms with Crippen molar-refractivity contribution in [3.8, 4) is 11.3 Å². The van der Waals surface area contributed by atoms with E-state index in [2.05, 4.69) is 5.10 Å². The molecule has 1 aromatic carbocycles. The van der Waals surface area contributed by atoms with Gasteiger partial charge in [0.05, 0.1) is 11.4 Å². The topological polar surface area (TPSA) is 43.8 Å². The molecule has 4 heteroatoms. The molecular formula is C13H16FN3. The molecule has 0 fully saturated rings. The summed E-state index contributed by atoms with van der Waals surface area (Å²) in [6.45, 7) is 4.39. The third-order valence-electron chi connectivity index (χ3n) is 2.63. The van der Waals surface area contributed by atoms with Gasteiger partial charge in [-0.05, 0) is 32.0 Å². The van der Waals surface area contributed by atoms with Gasteiger partial charge in [0.15, 0.2) is 0 Å². The van der Waals surface area contributed by atoms with Crippen LogP contribution in [0, 0.1) is 5.82 Å². The lowest BCUT2D eigenvalue weighted by atomic mass is 10.1. The number of hydrogen-bond donors (Lipinski definition) is 1. The highest BCUT2D eigenvalue weighted by atomic mass is 19.1. The van der Waals surface area contributed by atoms with Crippen LogP contribution in [0.5, 0.6) is 0 Å². The van der Waals surface area contributed by atoms with Gasteiger partial charge >= 0.3 is 0 Å². The van der Waals surface area contributed by atoms with Crippen molar-refractivity contribution < 1.29 is 4.39 Å². The summed E-state index contributed by atoms with van der Waals surface area (Å²) in [6.07, 6.45) is 0. The monoisotopic (exact) mass is 233 g/mol. The highest BCUT2D eigenvalue weighted by Gasteiger charge is 2.14. The molecule has 0 radical (unpaired) electrons. The Morgan fingerprint density at radius 3 is 2.65 bits per heavy atom. The van der Waals surface area contributed by atoms with Crippen molar-refractivity contribution in [3.63, 3.8) is 0 Å². The maximum atomic E-state index is 13.8. The highest BCUT2D eigenvalue weighted by molar-refractivity contribution is 5.61. The summed E-state index contributed by atoms with van der Waals surface area (Å²) in [5.41, 5.74) is 7.69. The Bertz CT molecular complexity index is 517. The first kappa shape index (κ1) is 11.8. The van der Waals surface area contributed by atoms with Crippen LogP contribution >= 0.6 is 0 Å². The van der Waals surface area contributed by atoms with Crippen molar-refractivity contribution in [3.05, 3.63) is 41.8 Å². The first-order chi connectivity index (χ1) is 8.13. The van der Waals surface area contributed by atoms with Crippen molar-refractivity contribution in [2.75, 3.05) is 0 Å². The molecule has 3 nitrogen and oxygen atoms in total. The van der Waals surface area contributed by atoms with E-state index in [0.717, 1.165) is 11.4 Å². The summed E-state index contributed by atoms with van der Waals surface area (Å²) < 4.78 is 15.6. The molecule has 0 bridgehead atoms. The molecule has 0 unspecified atom stereocenters. The molecular weight excluding hydrogens is 217 g/mol. The number of nitrogens with zero attached hydrogens (tertiary/aromatic N) is 2. The van der Waals surface area contributed by atoms with E-state index in [0.29, 0.717) is 12.1 Å². The van der Waals surface area contributed by atoms with Gasteiger partial charge in [0.2, 0.25) is 0 Å². The number of aromatic nitrogens is 2. The van der Waals surface area contributed by atoms with Gasteiger partial charge in [0.1, 0.15) is 5.82 Å². The molecule has 0 saturated heterocycles. The fourth-order valence-electron chi connectivity index (χ4n) is 1.81. The summed E-state index contributed by atoms with van der Waals surface area (Å²) >= 11 is 0. The zero-order chi connectivity index (χ0) is 12.4. The Balaban J connectivity index is 2.58. The van der Waals surface area contributed by atoms with Gasteiger partial charge in [0, 0.05) is 18.2 Å². The minimum atomic E-state index is -0.238. The van der Waals surface area contributed by atoms with Crippen molar-refractivity contribution in [2.45, 2.75) is 26.4 Å². The molecule has 0 aliphatic rings. The number of benzene rings is 1. The average Bonchev–Trinajstić information content (AvgIpc) is 2.73. The molecule has 0 saturated carbocycles. The Morgan fingerprint density at radius 2 is 2.06 bits per heavy atom. The maximum Gasteiger partial charge on any atom is 0.132 e. The van der Waals surface area contributed by atoms with E-state index in [1.165, 1.54) is 6.07 Å². The van der Waals surface area contributed by atoms with Crippen LogP contribution in [0.15, 0.2) is 30.3 Å². The third-order valence-corrected chi connectivity index (χ3v) is 2.63. The van der Waals surface area contributed by atoms with Crippen LogP contribution in [-0.4, -0.2) is 9.78 Å². The molecule has 0 atom stereocenters. The lowest BCUT2D eigenvalue weighted by Gasteiger charge is -2.11. The molecule has 0 spiro atoms. The van der Waals surface area contributed by atoms with Crippen LogP contribution in [0.25, 0.3) is 11.3 Å². The van der Waals surface area contributed by atoms with Crippen molar-refractivity contribution in [1.82, 2.24) is 9.78 Å². The van der Waals surface area contributed by atoms with Gasteiger partial charge in [-0.3, -0.25) is 4.68 Å². The Kier molecular flexibility index (Phi) is 3.24. The summed E-state index contributed by atoms with van der Waals surface area (Å²) in [4.78, 5) is 0. The van der Waals surface area contributed by atoms with Crippen LogP contribution in [-0.2, 0) is 6.54 Å². The normalized spacial score (nSPS) is 11.1. The largest absolute Gasteiger partial charge is 0.325 e. The number of halogens is 1. The van der Waals surface area contributed by atoms with E-state index in [1.807, 2.05) is 26.0 Å². The van der Waals surface area contributed by atoms with Crippen LogP contribution in [0.2, 0.25) is 0 Å². The zero-order valence-electron chi connectivity index (χ0n) is 10.0. The Hall–Kier alpha value is -1.68. The fraction of sp³-hybridized carbons (Fsp3) is 0.308. The maximum absolute atomic E-state index is 13.8. The van der Waals surface area contributed by atoms with Crippen molar-refractivity contribution in [1.29, 1.82) is 0 Å². The van der Waals surface area contributed by atoms with E-state index in [1.54, 1.807) is 16.8 Å². The number of hydrogen-bond acceptors (Lipinski definition) is 2. The van der Waals surface area contributed by atoms with Gasteiger partial charge in [0.25, 0.3) is 0 Å². The summed E-state index contributed by atoms with van der Waals surface area (Å²) in [7, 11) is 0. The molecule has 1 aromatic heterocycles. The molecule has 0 aliphatic heterocycles. The first-order valence-corrected chi connectivity index (χ1v) is 5.67. The zero-order valence-corrected chi connectivity index (χ0v) is 10.0. The number of nitrogens with two attached hydrogens (primary N) is 1. The molecule has 1 heterocycles. The molecule has 2 N–H and O–H groups in total. The van der Waals surface area contributed by atoms with Crippen molar-refractivity contribution >= 4 is 0 Å². The van der Waals surface area contributed by atoms with Gasteiger partial charge in [-0.15, -0.1) is 0 Å². The lowest BCUT2D eigenvalue weighted by Crippen LogP contribution is -2.06. The first-order valence-electron chi connectivity index (χ1n) is 5.67. The number of rotatable bonds is 3. The minimum Gasteiger partial charge on any atom is -0.325 e. The van der Waals surface area contributed by atoms with E-state index in [4.69, 9.17) is 5.73 Å². The average molecular weight is 233 g/mol. The van der Waals surface area contributed by atoms with Gasteiger partial charge in [-0.2, -0.15) is 5.10 Å². The summed E-state index contributed by atoms with van der Waals surface area (Å²) in [6, 6.07) is 8.72. The molecule has 90 valence electrons. The van der Waals surface area contributed by atoms with E-state index in [9.17, 15) is 4.39 Å². The predicted molar refractivity (Wildman–Crippen MR) is 65.9 cm³/mol. The summed E-state index contributed by atoms with van der Waals surface area (Å²) in [5, 5.41) is 4.37. The molecule has 17 heavy (non-hydrogen) atoms. The van der Waals surface area contributed by atoms with Crippen LogP contribution in [0.1, 0.15) is 25.6 Å². The molecule has 0 aliphatic carbocycles. The SMILES string of the molecule is CC(C)n1nc(CN)cc1-c1ccccc1F. The van der Waals surface area contributed by atoms with Gasteiger partial charge in [-0.1, -0.05) is 12.1 Å². The third kappa shape index (κ3) is 2.22. The predicted octanol–water partition coefficient (Wildman–Crippen LogP) is 2.73. The van der Waals surface area contributed by atoms with Crippen LogP contribution in [0.3, 0.4) is 0 Å². The fourth-order valence-corrected chi connectivity index (χ4v) is 1.81. The van der Waals surface area contributed by atoms with E-state index >= 15 is 0 Å². The van der Waals surface area contributed by atoms with Crippen LogP contribution < -0.4 is 5.73 Å². The van der Waals surface area contributed by atoms with Crippen LogP contribution in [0.4, 0.5) is 4.39 Å². The van der Waals surface area contributed by atoms with Gasteiger partial charge in [-0.25, -0.2) is 4.39 Å². The van der Waals surface area contributed by atoms with E-state index < -0.39 is 0 Å².